The molecule has 0 spiro atoms. The Bertz CT molecular complexity index is 357. The molecule has 0 bridgehead atoms. The van der Waals surface area contributed by atoms with Gasteiger partial charge in [0.05, 0.1) is 16.7 Å². The molecule has 2 nitrogen and oxygen atoms in total. The standard InChI is InChI=1S/C13H19Cl2NO/c1-9(10(2)16-6-7-17-3)11-4-5-12(14)13(15)8-11/h4-5,8-10,16H,6-7H2,1-3H3. The quantitative estimate of drug-likeness (QED) is 0.799. The molecule has 0 amide bonds. The van der Waals surface area contributed by atoms with Crippen molar-refractivity contribution in [1.82, 2.24) is 5.32 Å². The van der Waals surface area contributed by atoms with Crippen LogP contribution in [-0.4, -0.2) is 26.3 Å². The van der Waals surface area contributed by atoms with Crippen LogP contribution in [0.4, 0.5) is 0 Å². The lowest BCUT2D eigenvalue weighted by atomic mass is 9.94. The predicted octanol–water partition coefficient (Wildman–Crippen LogP) is 3.72. The maximum atomic E-state index is 6.02. The molecule has 1 aromatic carbocycles. The Labute approximate surface area is 113 Å². The lowest BCUT2D eigenvalue weighted by molar-refractivity contribution is 0.195. The van der Waals surface area contributed by atoms with Crippen LogP contribution in [0.5, 0.6) is 0 Å². The molecule has 2 atom stereocenters. The molecule has 0 saturated heterocycles. The fourth-order valence-electron chi connectivity index (χ4n) is 1.65. The van der Waals surface area contributed by atoms with E-state index < -0.39 is 0 Å². The average Bonchev–Trinajstić information content (AvgIpc) is 2.32. The summed E-state index contributed by atoms with van der Waals surface area (Å²) in [5.41, 5.74) is 1.19. The number of hydrogen-bond acceptors (Lipinski definition) is 2. The van der Waals surface area contributed by atoms with Crippen molar-refractivity contribution in [3.63, 3.8) is 0 Å². The van der Waals surface area contributed by atoms with Crippen LogP contribution in [0.3, 0.4) is 0 Å². The first-order valence-corrected chi connectivity index (χ1v) is 6.49. The first-order valence-electron chi connectivity index (χ1n) is 5.73. The van der Waals surface area contributed by atoms with E-state index in [2.05, 4.69) is 19.2 Å². The molecule has 96 valence electrons. The molecular weight excluding hydrogens is 257 g/mol. The van der Waals surface area contributed by atoms with Gasteiger partial charge in [0.1, 0.15) is 0 Å². The monoisotopic (exact) mass is 275 g/mol. The second-order valence-electron chi connectivity index (χ2n) is 4.20. The molecule has 1 N–H and O–H groups in total. The van der Waals surface area contributed by atoms with Crippen molar-refractivity contribution < 1.29 is 4.74 Å². The molecule has 17 heavy (non-hydrogen) atoms. The normalized spacial score (nSPS) is 14.6. The molecule has 0 aliphatic heterocycles. The molecule has 0 aliphatic carbocycles. The summed E-state index contributed by atoms with van der Waals surface area (Å²) in [6.07, 6.45) is 0. The third kappa shape index (κ3) is 4.47. The van der Waals surface area contributed by atoms with E-state index in [9.17, 15) is 0 Å². The minimum atomic E-state index is 0.363. The zero-order valence-corrected chi connectivity index (χ0v) is 12.0. The lowest BCUT2D eigenvalue weighted by Crippen LogP contribution is -2.33. The van der Waals surface area contributed by atoms with Crippen molar-refractivity contribution in [1.29, 1.82) is 0 Å². The molecule has 0 radical (unpaired) electrons. The Hall–Kier alpha value is -0.280. The van der Waals surface area contributed by atoms with Crippen molar-refractivity contribution in [2.45, 2.75) is 25.8 Å². The van der Waals surface area contributed by atoms with Crippen molar-refractivity contribution in [2.75, 3.05) is 20.3 Å². The van der Waals surface area contributed by atoms with Crippen LogP contribution in [-0.2, 0) is 4.74 Å². The molecule has 0 saturated carbocycles. The minimum absolute atomic E-state index is 0.363. The van der Waals surface area contributed by atoms with Gasteiger partial charge in [0.2, 0.25) is 0 Å². The van der Waals surface area contributed by atoms with E-state index in [0.717, 1.165) is 13.2 Å². The summed E-state index contributed by atoms with van der Waals surface area (Å²) < 4.78 is 5.01. The zero-order chi connectivity index (χ0) is 12.8. The summed E-state index contributed by atoms with van der Waals surface area (Å²) >= 11 is 11.9. The molecule has 0 aromatic heterocycles. The van der Waals surface area contributed by atoms with Gasteiger partial charge in [-0.05, 0) is 30.5 Å². The summed E-state index contributed by atoms with van der Waals surface area (Å²) in [6, 6.07) is 6.16. The molecule has 1 rings (SSSR count). The van der Waals surface area contributed by atoms with Crippen molar-refractivity contribution in [3.8, 4) is 0 Å². The Morgan fingerprint density at radius 1 is 1.24 bits per heavy atom. The Kier molecular flexibility index (Phi) is 6.28. The van der Waals surface area contributed by atoms with E-state index >= 15 is 0 Å². The zero-order valence-electron chi connectivity index (χ0n) is 10.5. The van der Waals surface area contributed by atoms with Crippen molar-refractivity contribution in [3.05, 3.63) is 33.8 Å². The van der Waals surface area contributed by atoms with Crippen LogP contribution < -0.4 is 5.32 Å². The number of rotatable bonds is 6. The highest BCUT2D eigenvalue weighted by Crippen LogP contribution is 2.27. The Morgan fingerprint density at radius 3 is 2.53 bits per heavy atom. The highest BCUT2D eigenvalue weighted by molar-refractivity contribution is 6.42. The van der Waals surface area contributed by atoms with Gasteiger partial charge in [-0.25, -0.2) is 0 Å². The predicted molar refractivity (Wildman–Crippen MR) is 74.2 cm³/mol. The number of hydrogen-bond donors (Lipinski definition) is 1. The summed E-state index contributed by atoms with van der Waals surface area (Å²) in [7, 11) is 1.70. The number of halogens is 2. The van der Waals surface area contributed by atoms with E-state index in [4.69, 9.17) is 27.9 Å². The number of methoxy groups -OCH3 is 1. The van der Waals surface area contributed by atoms with Crippen LogP contribution in [0.1, 0.15) is 25.3 Å². The molecular formula is C13H19Cl2NO. The van der Waals surface area contributed by atoms with Crippen LogP contribution in [0, 0.1) is 0 Å². The minimum Gasteiger partial charge on any atom is -0.383 e. The number of benzene rings is 1. The van der Waals surface area contributed by atoms with Crippen LogP contribution in [0.15, 0.2) is 18.2 Å². The summed E-state index contributed by atoms with van der Waals surface area (Å²) in [4.78, 5) is 0. The van der Waals surface area contributed by atoms with E-state index in [1.165, 1.54) is 5.56 Å². The van der Waals surface area contributed by atoms with Crippen LogP contribution in [0.2, 0.25) is 10.0 Å². The summed E-state index contributed by atoms with van der Waals surface area (Å²) in [6.45, 7) is 5.90. The smallest absolute Gasteiger partial charge is 0.0595 e. The molecule has 4 heteroatoms. The molecule has 1 aromatic rings. The highest BCUT2D eigenvalue weighted by atomic mass is 35.5. The van der Waals surface area contributed by atoms with Crippen LogP contribution in [0.25, 0.3) is 0 Å². The number of ether oxygens (including phenoxy) is 1. The van der Waals surface area contributed by atoms with Gasteiger partial charge < -0.3 is 10.1 Å². The lowest BCUT2D eigenvalue weighted by Gasteiger charge is -2.22. The maximum absolute atomic E-state index is 6.02. The van der Waals surface area contributed by atoms with Gasteiger partial charge >= 0.3 is 0 Å². The van der Waals surface area contributed by atoms with Gasteiger partial charge in [-0.15, -0.1) is 0 Å². The van der Waals surface area contributed by atoms with Gasteiger partial charge in [-0.1, -0.05) is 36.2 Å². The largest absolute Gasteiger partial charge is 0.383 e. The van der Waals surface area contributed by atoms with E-state index in [-0.39, 0.29) is 0 Å². The molecule has 0 fully saturated rings. The van der Waals surface area contributed by atoms with Gasteiger partial charge in [-0.3, -0.25) is 0 Å². The average molecular weight is 276 g/mol. The molecule has 0 heterocycles. The van der Waals surface area contributed by atoms with E-state index in [0.29, 0.717) is 22.0 Å². The first-order chi connectivity index (χ1) is 8.06. The van der Waals surface area contributed by atoms with Gasteiger partial charge in [0.25, 0.3) is 0 Å². The fraction of sp³-hybridized carbons (Fsp3) is 0.538. The highest BCUT2D eigenvalue weighted by Gasteiger charge is 2.14. The topological polar surface area (TPSA) is 21.3 Å². The van der Waals surface area contributed by atoms with Gasteiger partial charge in [-0.2, -0.15) is 0 Å². The maximum Gasteiger partial charge on any atom is 0.0595 e. The first kappa shape index (κ1) is 14.8. The summed E-state index contributed by atoms with van der Waals surface area (Å²) in [5, 5.41) is 4.63. The van der Waals surface area contributed by atoms with Gasteiger partial charge in [0, 0.05) is 19.7 Å². The summed E-state index contributed by atoms with van der Waals surface area (Å²) in [5.74, 6) is 0.377. The Morgan fingerprint density at radius 2 is 1.94 bits per heavy atom. The number of nitrogens with one attached hydrogen (secondary N) is 1. The Balaban J connectivity index is 2.61. The second-order valence-corrected chi connectivity index (χ2v) is 5.01. The van der Waals surface area contributed by atoms with Crippen LogP contribution >= 0.6 is 23.2 Å². The third-order valence-electron chi connectivity index (χ3n) is 2.99. The third-order valence-corrected chi connectivity index (χ3v) is 3.73. The van der Waals surface area contributed by atoms with E-state index in [1.807, 2.05) is 18.2 Å². The van der Waals surface area contributed by atoms with Crippen molar-refractivity contribution in [2.24, 2.45) is 0 Å². The molecule has 0 aliphatic rings. The fourth-order valence-corrected chi connectivity index (χ4v) is 1.96. The van der Waals surface area contributed by atoms with Crippen molar-refractivity contribution >= 4 is 23.2 Å². The second kappa shape index (κ2) is 7.22. The van der Waals surface area contributed by atoms with E-state index in [1.54, 1.807) is 7.11 Å². The van der Waals surface area contributed by atoms with Gasteiger partial charge in [0.15, 0.2) is 0 Å². The molecule has 2 unspecified atom stereocenters. The SMILES string of the molecule is COCCNC(C)C(C)c1ccc(Cl)c(Cl)c1.